The number of hydrogen-bond acceptors (Lipinski definition) is 4. The molecule has 1 aliphatic heterocycles. The minimum Gasteiger partial charge on any atom is -0.396 e. The summed E-state index contributed by atoms with van der Waals surface area (Å²) >= 11 is 0. The van der Waals surface area contributed by atoms with Crippen LogP contribution >= 0.6 is 0 Å². The highest BCUT2D eigenvalue weighted by Gasteiger charge is 2.35. The first-order valence-electron chi connectivity index (χ1n) is 6.47. The van der Waals surface area contributed by atoms with Gasteiger partial charge in [0.15, 0.2) is 0 Å². The van der Waals surface area contributed by atoms with Gasteiger partial charge in [0.05, 0.1) is 16.7 Å². The summed E-state index contributed by atoms with van der Waals surface area (Å²) in [7, 11) is -3.70. The number of nitrogen functional groups attached to an aromatic ring is 1. The zero-order valence-electron chi connectivity index (χ0n) is 11.5. The van der Waals surface area contributed by atoms with Gasteiger partial charge >= 0.3 is 0 Å². The van der Waals surface area contributed by atoms with Crippen molar-refractivity contribution in [1.29, 1.82) is 0 Å². The largest absolute Gasteiger partial charge is 0.396 e. The first-order valence-corrected chi connectivity index (χ1v) is 7.91. The van der Waals surface area contributed by atoms with Crippen molar-refractivity contribution in [2.24, 2.45) is 5.92 Å². The Morgan fingerprint density at radius 2 is 2.15 bits per heavy atom. The minimum absolute atomic E-state index is 0.0302. The molecule has 112 valence electrons. The molecule has 0 amide bonds. The Kier molecular flexibility index (Phi) is 4.04. The van der Waals surface area contributed by atoms with Crippen LogP contribution in [0.3, 0.4) is 0 Å². The average Bonchev–Trinajstić information content (AvgIpc) is 2.83. The molecule has 20 heavy (non-hydrogen) atoms. The molecule has 0 aliphatic carbocycles. The summed E-state index contributed by atoms with van der Waals surface area (Å²) in [4.78, 5) is 0.0302. The van der Waals surface area contributed by atoms with Crippen LogP contribution in [0, 0.1) is 18.7 Å². The van der Waals surface area contributed by atoms with Gasteiger partial charge in [-0.15, -0.1) is 0 Å². The number of hydrogen-bond donors (Lipinski definition) is 2. The van der Waals surface area contributed by atoms with Gasteiger partial charge < -0.3 is 10.8 Å². The maximum atomic E-state index is 13.3. The molecule has 1 heterocycles. The Balaban J connectivity index is 2.35. The zero-order valence-corrected chi connectivity index (χ0v) is 12.3. The van der Waals surface area contributed by atoms with Crippen molar-refractivity contribution in [1.82, 2.24) is 4.31 Å². The second-order valence-electron chi connectivity index (χ2n) is 5.29. The second-order valence-corrected chi connectivity index (χ2v) is 7.20. The number of aliphatic hydroxyl groups is 1. The second kappa shape index (κ2) is 5.31. The maximum Gasteiger partial charge on any atom is 0.243 e. The van der Waals surface area contributed by atoms with Gasteiger partial charge in [0.1, 0.15) is 5.82 Å². The van der Waals surface area contributed by atoms with Crippen LogP contribution in [0.25, 0.3) is 0 Å². The SMILES string of the molecule is Cc1cc(F)c(N)cc1S(=O)(=O)N1CCC(C(C)O)C1. The van der Waals surface area contributed by atoms with E-state index in [0.29, 0.717) is 18.5 Å². The molecule has 1 aliphatic rings. The Bertz CT molecular complexity index is 616. The number of rotatable bonds is 3. The molecule has 7 heteroatoms. The number of nitrogens with zero attached hydrogens (tertiary/aromatic N) is 1. The molecule has 0 radical (unpaired) electrons. The molecular formula is C13H19FN2O3S. The third-order valence-electron chi connectivity index (χ3n) is 3.78. The van der Waals surface area contributed by atoms with Crippen molar-refractivity contribution in [2.45, 2.75) is 31.3 Å². The number of halogens is 1. The van der Waals surface area contributed by atoms with Crippen LogP contribution in [-0.4, -0.2) is 37.0 Å². The predicted molar refractivity (Wildman–Crippen MR) is 74.1 cm³/mol. The Morgan fingerprint density at radius 3 is 2.70 bits per heavy atom. The van der Waals surface area contributed by atoms with Crippen LogP contribution in [0.15, 0.2) is 17.0 Å². The van der Waals surface area contributed by atoms with Gasteiger partial charge in [0, 0.05) is 13.1 Å². The summed E-state index contributed by atoms with van der Waals surface area (Å²) in [5.41, 5.74) is 5.61. The molecule has 1 aromatic carbocycles. The van der Waals surface area contributed by atoms with Gasteiger partial charge in [0.2, 0.25) is 10.0 Å². The number of aliphatic hydroxyl groups excluding tert-OH is 1. The molecule has 5 nitrogen and oxygen atoms in total. The van der Waals surface area contributed by atoms with Crippen molar-refractivity contribution in [2.75, 3.05) is 18.8 Å². The van der Waals surface area contributed by atoms with Crippen molar-refractivity contribution in [3.63, 3.8) is 0 Å². The summed E-state index contributed by atoms with van der Waals surface area (Å²) in [5, 5.41) is 9.55. The lowest BCUT2D eigenvalue weighted by Crippen LogP contribution is -2.31. The van der Waals surface area contributed by atoms with Crippen LogP contribution in [-0.2, 0) is 10.0 Å². The van der Waals surface area contributed by atoms with Gasteiger partial charge in [-0.3, -0.25) is 0 Å². The molecule has 2 rings (SSSR count). The van der Waals surface area contributed by atoms with E-state index in [2.05, 4.69) is 0 Å². The van der Waals surface area contributed by atoms with E-state index in [9.17, 15) is 17.9 Å². The first-order chi connectivity index (χ1) is 9.23. The summed E-state index contributed by atoms with van der Waals surface area (Å²) in [6.45, 7) is 3.82. The fourth-order valence-electron chi connectivity index (χ4n) is 2.45. The van der Waals surface area contributed by atoms with E-state index in [1.165, 1.54) is 11.2 Å². The number of sulfonamides is 1. The maximum absolute atomic E-state index is 13.3. The van der Waals surface area contributed by atoms with Gasteiger partial charge in [0.25, 0.3) is 0 Å². The van der Waals surface area contributed by atoms with Crippen molar-refractivity contribution in [3.05, 3.63) is 23.5 Å². The normalized spacial score (nSPS) is 22.1. The predicted octanol–water partition coefficient (Wildman–Crippen LogP) is 1.11. The topological polar surface area (TPSA) is 83.6 Å². The molecule has 0 spiro atoms. The molecule has 2 unspecified atom stereocenters. The van der Waals surface area contributed by atoms with E-state index in [-0.39, 0.29) is 23.0 Å². The van der Waals surface area contributed by atoms with Crippen LogP contribution in [0.4, 0.5) is 10.1 Å². The van der Waals surface area contributed by atoms with Gasteiger partial charge in [-0.2, -0.15) is 4.31 Å². The molecular weight excluding hydrogens is 283 g/mol. The molecule has 0 bridgehead atoms. The Hall–Kier alpha value is -1.18. The van der Waals surface area contributed by atoms with E-state index in [1.54, 1.807) is 6.92 Å². The fraction of sp³-hybridized carbons (Fsp3) is 0.538. The number of aryl methyl sites for hydroxylation is 1. The number of anilines is 1. The van der Waals surface area contributed by atoms with E-state index >= 15 is 0 Å². The van der Waals surface area contributed by atoms with Gasteiger partial charge in [-0.05, 0) is 43.9 Å². The molecule has 2 atom stereocenters. The standard InChI is InChI=1S/C13H19FN2O3S/c1-8-5-11(14)12(15)6-13(8)20(18,19)16-4-3-10(7-16)9(2)17/h5-6,9-10,17H,3-4,7,15H2,1-2H3. The van der Waals surface area contributed by atoms with Crippen LogP contribution in [0.5, 0.6) is 0 Å². The van der Waals surface area contributed by atoms with Crippen molar-refractivity contribution in [3.8, 4) is 0 Å². The molecule has 0 saturated carbocycles. The monoisotopic (exact) mass is 302 g/mol. The van der Waals surface area contributed by atoms with Gasteiger partial charge in [-0.1, -0.05) is 0 Å². The summed E-state index contributed by atoms with van der Waals surface area (Å²) in [6, 6.07) is 2.29. The summed E-state index contributed by atoms with van der Waals surface area (Å²) < 4.78 is 39.8. The third-order valence-corrected chi connectivity index (χ3v) is 5.79. The Morgan fingerprint density at radius 1 is 1.50 bits per heavy atom. The number of nitrogens with two attached hydrogens (primary N) is 1. The van der Waals surface area contributed by atoms with Crippen LogP contribution in [0.2, 0.25) is 0 Å². The van der Waals surface area contributed by atoms with Crippen LogP contribution < -0.4 is 5.73 Å². The lowest BCUT2D eigenvalue weighted by Gasteiger charge is -2.19. The van der Waals surface area contributed by atoms with Crippen molar-refractivity contribution < 1.29 is 17.9 Å². The highest BCUT2D eigenvalue weighted by atomic mass is 32.2. The summed E-state index contributed by atoms with van der Waals surface area (Å²) in [5.74, 6) is -0.687. The molecule has 1 fully saturated rings. The van der Waals surface area contributed by atoms with Crippen LogP contribution in [0.1, 0.15) is 18.9 Å². The molecule has 1 saturated heterocycles. The van der Waals surface area contributed by atoms with E-state index in [0.717, 1.165) is 12.1 Å². The molecule has 0 aromatic heterocycles. The smallest absolute Gasteiger partial charge is 0.243 e. The van der Waals surface area contributed by atoms with E-state index in [1.807, 2.05) is 0 Å². The lowest BCUT2D eigenvalue weighted by molar-refractivity contribution is 0.133. The highest BCUT2D eigenvalue weighted by molar-refractivity contribution is 7.89. The quantitative estimate of drug-likeness (QED) is 0.819. The average molecular weight is 302 g/mol. The Labute approximate surface area is 118 Å². The summed E-state index contributed by atoms with van der Waals surface area (Å²) in [6.07, 6.45) is 0.0710. The van der Waals surface area contributed by atoms with E-state index in [4.69, 9.17) is 5.73 Å². The third kappa shape index (κ3) is 2.65. The number of benzene rings is 1. The van der Waals surface area contributed by atoms with E-state index < -0.39 is 21.9 Å². The lowest BCUT2D eigenvalue weighted by atomic mass is 10.0. The fourth-order valence-corrected chi connectivity index (χ4v) is 4.20. The zero-order chi connectivity index (χ0) is 15.1. The van der Waals surface area contributed by atoms with Gasteiger partial charge in [-0.25, -0.2) is 12.8 Å². The molecule has 1 aromatic rings. The first kappa shape index (κ1) is 15.2. The molecule has 3 N–H and O–H groups in total. The minimum atomic E-state index is -3.70. The highest BCUT2D eigenvalue weighted by Crippen LogP contribution is 2.29. The van der Waals surface area contributed by atoms with Crippen molar-refractivity contribution >= 4 is 15.7 Å².